The normalized spacial score (nSPS) is 10.6. The number of nitriles is 1. The maximum atomic E-state index is 9.56. The molecule has 2 heterocycles. The molecule has 0 saturated heterocycles. The van der Waals surface area contributed by atoms with Crippen molar-refractivity contribution >= 4 is 22.3 Å². The highest BCUT2D eigenvalue weighted by Gasteiger charge is 2.12. The maximum absolute atomic E-state index is 9.56. The molecule has 4 heteroatoms. The first-order chi connectivity index (χ1) is 12.8. The number of hydrogen-bond acceptors (Lipinski definition) is 3. The topological polar surface area (TPSA) is 64.5 Å². The average Bonchev–Trinajstić information content (AvgIpc) is 3.15. The molecule has 2 N–H and O–H groups in total. The largest absolute Gasteiger partial charge is 0.361 e. The van der Waals surface area contributed by atoms with Gasteiger partial charge < -0.3 is 10.3 Å². The van der Waals surface area contributed by atoms with E-state index in [2.05, 4.69) is 52.5 Å². The summed E-state index contributed by atoms with van der Waals surface area (Å²) in [5.41, 5.74) is 6.81. The molecule has 0 amide bonds. The van der Waals surface area contributed by atoms with Crippen LogP contribution in [0.1, 0.15) is 22.3 Å². The van der Waals surface area contributed by atoms with E-state index < -0.39 is 0 Å². The number of hydrogen-bond donors (Lipinski definition) is 2. The number of benzene rings is 2. The fraction of sp³-hybridized carbons (Fsp3) is 0.0909. The van der Waals surface area contributed by atoms with Gasteiger partial charge >= 0.3 is 0 Å². The number of anilines is 2. The van der Waals surface area contributed by atoms with Crippen molar-refractivity contribution in [2.45, 2.75) is 13.3 Å². The first-order valence-electron chi connectivity index (χ1n) is 8.51. The molecular formula is C22H18N4. The van der Waals surface area contributed by atoms with Crippen LogP contribution in [0.4, 0.5) is 11.4 Å². The van der Waals surface area contributed by atoms with Crippen LogP contribution >= 0.6 is 0 Å². The highest BCUT2D eigenvalue weighted by atomic mass is 14.9. The van der Waals surface area contributed by atoms with Gasteiger partial charge in [-0.25, -0.2) is 0 Å². The predicted molar refractivity (Wildman–Crippen MR) is 105 cm³/mol. The molecule has 0 aliphatic heterocycles. The molecule has 26 heavy (non-hydrogen) atoms. The van der Waals surface area contributed by atoms with Crippen LogP contribution in [0.2, 0.25) is 0 Å². The molecule has 0 spiro atoms. The Morgan fingerprint density at radius 3 is 2.73 bits per heavy atom. The lowest BCUT2D eigenvalue weighted by molar-refractivity contribution is 1.14. The zero-order chi connectivity index (χ0) is 17.9. The van der Waals surface area contributed by atoms with Crippen molar-refractivity contribution in [3.63, 3.8) is 0 Å². The third kappa shape index (κ3) is 2.91. The van der Waals surface area contributed by atoms with Crippen molar-refractivity contribution in [3.05, 3.63) is 89.4 Å². The fourth-order valence-corrected chi connectivity index (χ4v) is 3.24. The van der Waals surface area contributed by atoms with Crippen LogP contribution in [-0.2, 0) is 6.42 Å². The van der Waals surface area contributed by atoms with Gasteiger partial charge in [-0.05, 0) is 41.8 Å². The van der Waals surface area contributed by atoms with Gasteiger partial charge in [0.05, 0.1) is 11.3 Å². The zero-order valence-electron chi connectivity index (χ0n) is 14.5. The van der Waals surface area contributed by atoms with Crippen molar-refractivity contribution < 1.29 is 0 Å². The molecule has 0 radical (unpaired) electrons. The minimum absolute atomic E-state index is 0.548. The van der Waals surface area contributed by atoms with Crippen LogP contribution in [0.25, 0.3) is 10.9 Å². The summed E-state index contributed by atoms with van der Waals surface area (Å²) in [4.78, 5) is 7.48. The molecule has 0 unspecified atom stereocenters. The van der Waals surface area contributed by atoms with E-state index >= 15 is 0 Å². The molecule has 126 valence electrons. The molecule has 2 aromatic heterocycles. The Hall–Kier alpha value is -3.58. The van der Waals surface area contributed by atoms with Gasteiger partial charge in [-0.15, -0.1) is 0 Å². The van der Waals surface area contributed by atoms with Gasteiger partial charge in [0, 0.05) is 41.6 Å². The molecule has 0 aliphatic carbocycles. The quantitative estimate of drug-likeness (QED) is 0.545. The molecular weight excluding hydrogens is 320 g/mol. The number of aromatic amines is 1. The van der Waals surface area contributed by atoms with Gasteiger partial charge in [-0.2, -0.15) is 5.26 Å². The average molecular weight is 338 g/mol. The standard InChI is InChI=1S/C22H18N4/c1-15-19-9-10-25-21(19)8-7-20(15)26-22-17(13-24-14-18(22)12-23)11-16-5-3-2-4-6-16/h2-10,13-14,25H,11H2,1H3,(H,24,26). The Bertz CT molecular complexity index is 1100. The Morgan fingerprint density at radius 1 is 1.08 bits per heavy atom. The summed E-state index contributed by atoms with van der Waals surface area (Å²) >= 11 is 0. The third-order valence-corrected chi connectivity index (χ3v) is 4.65. The third-order valence-electron chi connectivity index (χ3n) is 4.65. The number of aromatic nitrogens is 2. The van der Waals surface area contributed by atoms with Crippen molar-refractivity contribution in [1.29, 1.82) is 5.26 Å². The van der Waals surface area contributed by atoms with Crippen molar-refractivity contribution in [2.75, 3.05) is 5.32 Å². The second-order valence-electron chi connectivity index (χ2n) is 6.30. The molecule has 4 rings (SSSR count). The summed E-state index contributed by atoms with van der Waals surface area (Å²) in [5.74, 6) is 0. The number of H-pyrrole nitrogens is 1. The maximum Gasteiger partial charge on any atom is 0.103 e. The number of pyridine rings is 1. The van der Waals surface area contributed by atoms with E-state index in [-0.39, 0.29) is 0 Å². The van der Waals surface area contributed by atoms with E-state index in [9.17, 15) is 5.26 Å². The van der Waals surface area contributed by atoms with Crippen LogP contribution in [0, 0.1) is 18.3 Å². The van der Waals surface area contributed by atoms with Gasteiger partial charge in [-0.3, -0.25) is 4.98 Å². The molecule has 0 fully saturated rings. The summed E-state index contributed by atoms with van der Waals surface area (Å²) in [6.07, 6.45) is 6.11. The minimum atomic E-state index is 0.548. The SMILES string of the molecule is Cc1c(Nc2c(C#N)cncc2Cc2ccccc2)ccc2[nH]ccc12. The number of nitrogens with zero attached hydrogens (tertiary/aromatic N) is 2. The van der Waals surface area contributed by atoms with Crippen LogP contribution in [0.15, 0.2) is 67.1 Å². The Labute approximate surface area is 152 Å². The second-order valence-corrected chi connectivity index (χ2v) is 6.30. The molecule has 0 aliphatic rings. The molecule has 4 nitrogen and oxygen atoms in total. The Kier molecular flexibility index (Phi) is 4.12. The number of aryl methyl sites for hydroxylation is 1. The van der Waals surface area contributed by atoms with Gasteiger partial charge in [0.2, 0.25) is 0 Å². The van der Waals surface area contributed by atoms with E-state index in [1.165, 1.54) is 10.9 Å². The van der Waals surface area contributed by atoms with E-state index in [1.54, 1.807) is 6.20 Å². The minimum Gasteiger partial charge on any atom is -0.361 e. The van der Waals surface area contributed by atoms with E-state index in [1.807, 2.05) is 36.7 Å². The summed E-state index contributed by atoms with van der Waals surface area (Å²) in [5, 5.41) is 14.2. The van der Waals surface area contributed by atoms with Gasteiger partial charge in [-0.1, -0.05) is 30.3 Å². The smallest absolute Gasteiger partial charge is 0.103 e. The van der Waals surface area contributed by atoms with Gasteiger partial charge in [0.1, 0.15) is 6.07 Å². The summed E-state index contributed by atoms with van der Waals surface area (Å²) in [7, 11) is 0. The highest BCUT2D eigenvalue weighted by molar-refractivity contribution is 5.89. The van der Waals surface area contributed by atoms with Gasteiger partial charge in [0.25, 0.3) is 0 Å². The first-order valence-corrected chi connectivity index (χ1v) is 8.51. The van der Waals surface area contributed by atoms with Crippen LogP contribution in [-0.4, -0.2) is 9.97 Å². The summed E-state index contributed by atoms with van der Waals surface area (Å²) in [6.45, 7) is 2.09. The summed E-state index contributed by atoms with van der Waals surface area (Å²) in [6, 6.07) is 18.6. The molecule has 0 bridgehead atoms. The Balaban J connectivity index is 1.77. The van der Waals surface area contributed by atoms with E-state index in [0.29, 0.717) is 5.56 Å². The lowest BCUT2D eigenvalue weighted by Gasteiger charge is -2.16. The number of fused-ring (bicyclic) bond motifs is 1. The van der Waals surface area contributed by atoms with E-state index in [0.717, 1.165) is 34.4 Å². The van der Waals surface area contributed by atoms with Crippen molar-refractivity contribution in [3.8, 4) is 6.07 Å². The second kappa shape index (κ2) is 6.73. The van der Waals surface area contributed by atoms with Crippen LogP contribution < -0.4 is 5.32 Å². The lowest BCUT2D eigenvalue weighted by Crippen LogP contribution is -2.02. The Morgan fingerprint density at radius 2 is 1.92 bits per heavy atom. The molecule has 4 aromatic rings. The van der Waals surface area contributed by atoms with Crippen LogP contribution in [0.5, 0.6) is 0 Å². The number of nitrogens with one attached hydrogen (secondary N) is 2. The van der Waals surface area contributed by atoms with Crippen LogP contribution in [0.3, 0.4) is 0 Å². The molecule has 0 atom stereocenters. The highest BCUT2D eigenvalue weighted by Crippen LogP contribution is 2.31. The predicted octanol–water partition coefficient (Wildman–Crippen LogP) is 5.08. The lowest BCUT2D eigenvalue weighted by atomic mass is 10.0. The van der Waals surface area contributed by atoms with Gasteiger partial charge in [0.15, 0.2) is 0 Å². The number of rotatable bonds is 4. The molecule has 2 aromatic carbocycles. The zero-order valence-corrected chi connectivity index (χ0v) is 14.5. The fourth-order valence-electron chi connectivity index (χ4n) is 3.24. The summed E-state index contributed by atoms with van der Waals surface area (Å²) < 4.78 is 0. The molecule has 0 saturated carbocycles. The van der Waals surface area contributed by atoms with Crippen molar-refractivity contribution in [2.24, 2.45) is 0 Å². The van der Waals surface area contributed by atoms with E-state index in [4.69, 9.17) is 0 Å². The van der Waals surface area contributed by atoms with Crippen molar-refractivity contribution in [1.82, 2.24) is 9.97 Å². The monoisotopic (exact) mass is 338 g/mol. The first kappa shape index (κ1) is 15.9.